The molecule has 0 radical (unpaired) electrons. The number of aromatic nitrogens is 1. The third-order valence-electron chi connectivity index (χ3n) is 5.55. The Morgan fingerprint density at radius 1 is 1.04 bits per heavy atom. The number of piperidine rings is 1. The summed E-state index contributed by atoms with van der Waals surface area (Å²) in [5.41, 5.74) is 3.32. The Hall–Kier alpha value is -3.08. The van der Waals surface area contributed by atoms with Crippen LogP contribution in [0.25, 0.3) is 22.2 Å². The summed E-state index contributed by atoms with van der Waals surface area (Å²) in [6, 6.07) is 20.5. The highest BCUT2D eigenvalue weighted by molar-refractivity contribution is 5.87. The number of carbonyl (C=O) groups is 2. The van der Waals surface area contributed by atoms with Crippen LogP contribution in [0.1, 0.15) is 19.3 Å². The maximum absolute atomic E-state index is 12.8. The number of carboxylic acids is 1. The van der Waals surface area contributed by atoms with Gasteiger partial charge in [0.25, 0.3) is 0 Å². The van der Waals surface area contributed by atoms with Gasteiger partial charge in [-0.15, -0.1) is 0 Å². The maximum Gasteiger partial charge on any atom is 0.308 e. The van der Waals surface area contributed by atoms with E-state index < -0.39 is 11.9 Å². The van der Waals surface area contributed by atoms with E-state index in [9.17, 15) is 14.7 Å². The number of carboxylic acid groups (broad SMARTS) is 1. The van der Waals surface area contributed by atoms with Gasteiger partial charge < -0.3 is 14.6 Å². The number of rotatable bonds is 5. The second-order valence-electron chi connectivity index (χ2n) is 7.37. The number of benzene rings is 2. The Kier molecular flexibility index (Phi) is 5.15. The van der Waals surface area contributed by atoms with Crippen molar-refractivity contribution in [3.8, 4) is 11.3 Å². The van der Waals surface area contributed by atoms with E-state index in [0.717, 1.165) is 28.6 Å². The minimum Gasteiger partial charge on any atom is -0.481 e. The van der Waals surface area contributed by atoms with E-state index in [0.29, 0.717) is 32.5 Å². The molecule has 4 rings (SSSR count). The third-order valence-corrected chi connectivity index (χ3v) is 5.55. The van der Waals surface area contributed by atoms with Crippen molar-refractivity contribution in [1.82, 2.24) is 9.47 Å². The molecule has 1 saturated heterocycles. The van der Waals surface area contributed by atoms with Gasteiger partial charge in [0.2, 0.25) is 5.91 Å². The molecular weight excluding hydrogens is 352 g/mol. The summed E-state index contributed by atoms with van der Waals surface area (Å²) in [5, 5.41) is 10.4. The van der Waals surface area contributed by atoms with Crippen molar-refractivity contribution in [1.29, 1.82) is 0 Å². The molecule has 2 heterocycles. The average molecular weight is 376 g/mol. The molecule has 3 aromatic rings. The zero-order valence-corrected chi connectivity index (χ0v) is 15.8. The molecule has 28 heavy (non-hydrogen) atoms. The van der Waals surface area contributed by atoms with Gasteiger partial charge >= 0.3 is 5.97 Å². The lowest BCUT2D eigenvalue weighted by molar-refractivity contribution is -0.145. The molecule has 1 aliphatic heterocycles. The van der Waals surface area contributed by atoms with Crippen LogP contribution < -0.4 is 0 Å². The van der Waals surface area contributed by atoms with Gasteiger partial charge in [0, 0.05) is 42.7 Å². The fourth-order valence-corrected chi connectivity index (χ4v) is 4.07. The minimum absolute atomic E-state index is 0.0303. The van der Waals surface area contributed by atoms with Crippen LogP contribution in [0.3, 0.4) is 0 Å². The van der Waals surface area contributed by atoms with Crippen LogP contribution in [0.4, 0.5) is 0 Å². The lowest BCUT2D eigenvalue weighted by Gasteiger charge is -2.31. The van der Waals surface area contributed by atoms with Crippen LogP contribution in [-0.4, -0.2) is 39.5 Å². The average Bonchev–Trinajstić information content (AvgIpc) is 3.11. The number of hydrogen-bond donors (Lipinski definition) is 1. The van der Waals surface area contributed by atoms with Crippen LogP contribution in [0.15, 0.2) is 60.7 Å². The number of hydrogen-bond acceptors (Lipinski definition) is 2. The molecule has 5 nitrogen and oxygen atoms in total. The van der Waals surface area contributed by atoms with Gasteiger partial charge in [-0.25, -0.2) is 0 Å². The fraction of sp³-hybridized carbons (Fsp3) is 0.304. The van der Waals surface area contributed by atoms with Crippen LogP contribution in [0, 0.1) is 5.92 Å². The van der Waals surface area contributed by atoms with E-state index in [1.165, 1.54) is 0 Å². The van der Waals surface area contributed by atoms with Gasteiger partial charge in [0.1, 0.15) is 0 Å². The van der Waals surface area contributed by atoms with Crippen molar-refractivity contribution < 1.29 is 14.7 Å². The second kappa shape index (κ2) is 7.89. The van der Waals surface area contributed by atoms with Crippen molar-refractivity contribution in [2.45, 2.75) is 25.8 Å². The summed E-state index contributed by atoms with van der Waals surface area (Å²) in [5.74, 6) is -1.21. The summed E-state index contributed by atoms with van der Waals surface area (Å²) < 4.78 is 2.20. The van der Waals surface area contributed by atoms with Gasteiger partial charge in [0.05, 0.1) is 5.92 Å². The Morgan fingerprint density at radius 2 is 1.79 bits per heavy atom. The second-order valence-corrected chi connectivity index (χ2v) is 7.37. The Balaban J connectivity index is 1.56. The number of nitrogens with zero attached hydrogens (tertiary/aromatic N) is 2. The molecule has 1 aliphatic rings. The number of fused-ring (bicyclic) bond motifs is 1. The highest BCUT2D eigenvalue weighted by Gasteiger charge is 2.28. The lowest BCUT2D eigenvalue weighted by atomic mass is 9.98. The number of aryl methyl sites for hydroxylation is 1. The predicted octanol–water partition coefficient (Wildman–Crippen LogP) is 4.02. The minimum atomic E-state index is -0.805. The molecule has 0 spiro atoms. The van der Waals surface area contributed by atoms with Gasteiger partial charge in [-0.05, 0) is 30.5 Å². The predicted molar refractivity (Wildman–Crippen MR) is 109 cm³/mol. The highest BCUT2D eigenvalue weighted by atomic mass is 16.4. The van der Waals surface area contributed by atoms with E-state index >= 15 is 0 Å². The topological polar surface area (TPSA) is 62.5 Å². The first kappa shape index (κ1) is 18.3. The normalized spacial score (nSPS) is 17.0. The van der Waals surface area contributed by atoms with Crippen LogP contribution in [0.5, 0.6) is 0 Å². The van der Waals surface area contributed by atoms with Crippen LogP contribution in [-0.2, 0) is 16.1 Å². The van der Waals surface area contributed by atoms with Crippen molar-refractivity contribution in [2.75, 3.05) is 13.1 Å². The third kappa shape index (κ3) is 3.65. The summed E-state index contributed by atoms with van der Waals surface area (Å²) in [4.78, 5) is 25.8. The maximum atomic E-state index is 12.8. The number of amides is 1. The van der Waals surface area contributed by atoms with Crippen LogP contribution in [0.2, 0.25) is 0 Å². The van der Waals surface area contributed by atoms with E-state index in [1.807, 2.05) is 30.3 Å². The lowest BCUT2D eigenvalue weighted by Crippen LogP contribution is -2.42. The zero-order chi connectivity index (χ0) is 19.5. The van der Waals surface area contributed by atoms with Crippen molar-refractivity contribution >= 4 is 22.8 Å². The first-order valence-electron chi connectivity index (χ1n) is 9.78. The molecule has 5 heteroatoms. The number of para-hydroxylation sites is 1. The van der Waals surface area contributed by atoms with Crippen LogP contribution >= 0.6 is 0 Å². The SMILES string of the molecule is O=C(O)C1CCCN(C(=O)CCn2c(-c3ccccc3)cc3ccccc32)C1. The number of aliphatic carboxylic acids is 1. The quantitative estimate of drug-likeness (QED) is 0.731. The summed E-state index contributed by atoms with van der Waals surface area (Å²) in [6.07, 6.45) is 1.77. The van der Waals surface area contributed by atoms with Gasteiger partial charge in [-0.3, -0.25) is 9.59 Å². The van der Waals surface area contributed by atoms with E-state index in [2.05, 4.69) is 34.9 Å². The first-order chi connectivity index (χ1) is 13.6. The largest absolute Gasteiger partial charge is 0.481 e. The Bertz CT molecular complexity index is 994. The highest BCUT2D eigenvalue weighted by Crippen LogP contribution is 2.28. The molecule has 1 N–H and O–H groups in total. The summed E-state index contributed by atoms with van der Waals surface area (Å²) in [7, 11) is 0. The molecular formula is C23H24N2O3. The standard InChI is InChI=1S/C23H24N2O3/c26-22(24-13-6-10-19(16-24)23(27)28)12-14-25-20-11-5-4-9-18(20)15-21(25)17-7-2-1-3-8-17/h1-5,7-9,11,15,19H,6,10,12-14,16H2,(H,27,28). The monoisotopic (exact) mass is 376 g/mol. The van der Waals surface area contributed by atoms with Crippen molar-refractivity contribution in [3.63, 3.8) is 0 Å². The Labute approximate surface area is 164 Å². The zero-order valence-electron chi connectivity index (χ0n) is 15.8. The first-order valence-corrected chi connectivity index (χ1v) is 9.78. The molecule has 0 aliphatic carbocycles. The Morgan fingerprint density at radius 3 is 2.57 bits per heavy atom. The molecule has 0 bridgehead atoms. The molecule has 0 saturated carbocycles. The van der Waals surface area contributed by atoms with Gasteiger partial charge in [0.15, 0.2) is 0 Å². The number of carbonyl (C=O) groups excluding carboxylic acids is 1. The molecule has 1 aromatic heterocycles. The van der Waals surface area contributed by atoms with E-state index in [1.54, 1.807) is 4.90 Å². The summed E-state index contributed by atoms with van der Waals surface area (Å²) >= 11 is 0. The molecule has 1 unspecified atom stereocenters. The smallest absolute Gasteiger partial charge is 0.308 e. The van der Waals surface area contributed by atoms with Crippen molar-refractivity contribution in [3.05, 3.63) is 60.7 Å². The van der Waals surface area contributed by atoms with E-state index in [4.69, 9.17) is 0 Å². The summed E-state index contributed by atoms with van der Waals surface area (Å²) in [6.45, 7) is 1.55. The number of likely N-dealkylation sites (tertiary alicyclic amines) is 1. The van der Waals surface area contributed by atoms with Crippen molar-refractivity contribution in [2.24, 2.45) is 5.92 Å². The molecule has 1 amide bonds. The molecule has 2 aromatic carbocycles. The van der Waals surface area contributed by atoms with Gasteiger partial charge in [-0.2, -0.15) is 0 Å². The molecule has 1 fully saturated rings. The molecule has 1 atom stereocenters. The fourth-order valence-electron chi connectivity index (χ4n) is 4.07. The van der Waals surface area contributed by atoms with E-state index in [-0.39, 0.29) is 5.91 Å². The van der Waals surface area contributed by atoms with Gasteiger partial charge in [-0.1, -0.05) is 48.5 Å². The molecule has 144 valence electrons.